The van der Waals surface area contributed by atoms with Gasteiger partial charge in [0, 0.05) is 12.1 Å². The third-order valence-electron chi connectivity index (χ3n) is 3.33. The van der Waals surface area contributed by atoms with Crippen LogP contribution < -0.4 is 14.8 Å². The molecule has 2 rings (SSSR count). The van der Waals surface area contributed by atoms with Gasteiger partial charge >= 0.3 is 0 Å². The molecule has 0 aliphatic carbocycles. The van der Waals surface area contributed by atoms with Crippen molar-refractivity contribution in [3.63, 3.8) is 0 Å². The number of carbonyl (C=O) groups is 1. The minimum absolute atomic E-state index is 0.0865. The third kappa shape index (κ3) is 5.33. The predicted octanol–water partition coefficient (Wildman–Crippen LogP) is 3.45. The molecule has 0 bridgehead atoms. The molecule has 122 valence electrons. The fourth-order valence-electron chi connectivity index (χ4n) is 2.20. The molecule has 2 aromatic rings. The molecule has 23 heavy (non-hydrogen) atoms. The maximum atomic E-state index is 12.2. The highest BCUT2D eigenvalue weighted by molar-refractivity contribution is 5.94. The molecule has 0 atom stereocenters. The van der Waals surface area contributed by atoms with Crippen molar-refractivity contribution in [1.29, 1.82) is 0 Å². The first-order valence-corrected chi connectivity index (χ1v) is 7.76. The quantitative estimate of drug-likeness (QED) is 0.851. The smallest absolute Gasteiger partial charge is 0.251 e. The Bertz CT molecular complexity index is 635. The minimum Gasteiger partial charge on any atom is -0.497 e. The zero-order valence-electron chi connectivity index (χ0n) is 13.8. The van der Waals surface area contributed by atoms with Gasteiger partial charge in [0.1, 0.15) is 11.5 Å². The number of ether oxygens (including phenoxy) is 2. The summed E-state index contributed by atoms with van der Waals surface area (Å²) in [5.74, 6) is 1.45. The normalized spacial score (nSPS) is 10.4. The first-order valence-electron chi connectivity index (χ1n) is 7.76. The topological polar surface area (TPSA) is 47.6 Å². The maximum absolute atomic E-state index is 12.2. The van der Waals surface area contributed by atoms with Crippen LogP contribution in [-0.4, -0.2) is 25.7 Å². The molecule has 0 aliphatic rings. The van der Waals surface area contributed by atoms with Crippen molar-refractivity contribution in [3.05, 3.63) is 59.7 Å². The standard InChI is InChI=1S/C19H23NO3/c1-14(2)23-18-6-4-5-16(13-18)19(21)20-12-11-15-7-9-17(22-3)10-8-15/h4-10,13-14H,11-12H2,1-3H3,(H,20,21). The maximum Gasteiger partial charge on any atom is 0.251 e. The van der Waals surface area contributed by atoms with Crippen molar-refractivity contribution in [1.82, 2.24) is 5.32 Å². The molecule has 2 aromatic carbocycles. The molecule has 0 heterocycles. The van der Waals surface area contributed by atoms with Gasteiger partial charge in [0.25, 0.3) is 5.91 Å². The minimum atomic E-state index is -0.0901. The molecule has 0 saturated carbocycles. The lowest BCUT2D eigenvalue weighted by molar-refractivity contribution is 0.0953. The molecule has 0 unspecified atom stereocenters. The van der Waals surface area contributed by atoms with Gasteiger partial charge in [-0.1, -0.05) is 18.2 Å². The predicted molar refractivity (Wildman–Crippen MR) is 91.2 cm³/mol. The van der Waals surface area contributed by atoms with E-state index in [1.165, 1.54) is 0 Å². The van der Waals surface area contributed by atoms with Gasteiger partial charge in [0.15, 0.2) is 0 Å². The van der Waals surface area contributed by atoms with E-state index in [1.54, 1.807) is 19.2 Å². The number of hydrogen-bond acceptors (Lipinski definition) is 3. The van der Waals surface area contributed by atoms with Crippen LogP contribution in [0.15, 0.2) is 48.5 Å². The lowest BCUT2D eigenvalue weighted by atomic mass is 10.1. The van der Waals surface area contributed by atoms with Gasteiger partial charge in [-0.25, -0.2) is 0 Å². The van der Waals surface area contributed by atoms with Crippen molar-refractivity contribution in [3.8, 4) is 11.5 Å². The largest absolute Gasteiger partial charge is 0.497 e. The van der Waals surface area contributed by atoms with Gasteiger partial charge in [-0.2, -0.15) is 0 Å². The van der Waals surface area contributed by atoms with Crippen LogP contribution in [-0.2, 0) is 6.42 Å². The Hall–Kier alpha value is -2.49. The Labute approximate surface area is 137 Å². The average molecular weight is 313 g/mol. The highest BCUT2D eigenvalue weighted by atomic mass is 16.5. The Balaban J connectivity index is 1.86. The molecule has 0 aliphatic heterocycles. The monoisotopic (exact) mass is 313 g/mol. The molecule has 0 aromatic heterocycles. The molecular weight excluding hydrogens is 290 g/mol. The van der Waals surface area contributed by atoms with Crippen LogP contribution in [0.25, 0.3) is 0 Å². The van der Waals surface area contributed by atoms with Crippen LogP contribution in [0.5, 0.6) is 11.5 Å². The molecule has 1 amide bonds. The van der Waals surface area contributed by atoms with Crippen molar-refractivity contribution in [2.75, 3.05) is 13.7 Å². The second-order valence-corrected chi connectivity index (χ2v) is 5.55. The van der Waals surface area contributed by atoms with E-state index in [-0.39, 0.29) is 12.0 Å². The Morgan fingerprint density at radius 1 is 1.09 bits per heavy atom. The van der Waals surface area contributed by atoms with E-state index in [4.69, 9.17) is 9.47 Å². The molecule has 0 fully saturated rings. The van der Waals surface area contributed by atoms with Crippen LogP contribution in [0, 0.1) is 0 Å². The first kappa shape index (κ1) is 16.9. The lowest BCUT2D eigenvalue weighted by Gasteiger charge is -2.11. The number of carbonyl (C=O) groups excluding carboxylic acids is 1. The molecule has 0 spiro atoms. The Morgan fingerprint density at radius 2 is 1.83 bits per heavy atom. The first-order chi connectivity index (χ1) is 11.1. The summed E-state index contributed by atoms with van der Waals surface area (Å²) in [7, 11) is 1.65. The summed E-state index contributed by atoms with van der Waals surface area (Å²) >= 11 is 0. The SMILES string of the molecule is COc1ccc(CCNC(=O)c2cccc(OC(C)C)c2)cc1. The molecular formula is C19H23NO3. The summed E-state index contributed by atoms with van der Waals surface area (Å²) in [5, 5.41) is 2.93. The van der Waals surface area contributed by atoms with E-state index in [1.807, 2.05) is 50.2 Å². The fourth-order valence-corrected chi connectivity index (χ4v) is 2.20. The summed E-state index contributed by atoms with van der Waals surface area (Å²) in [6, 6.07) is 15.1. The van der Waals surface area contributed by atoms with Crippen molar-refractivity contribution >= 4 is 5.91 Å². The van der Waals surface area contributed by atoms with Gasteiger partial charge in [-0.05, 0) is 56.2 Å². The number of amides is 1. The molecule has 4 nitrogen and oxygen atoms in total. The molecule has 1 N–H and O–H groups in total. The number of benzene rings is 2. The van der Waals surface area contributed by atoms with E-state index in [2.05, 4.69) is 5.32 Å². The zero-order chi connectivity index (χ0) is 16.7. The van der Waals surface area contributed by atoms with Crippen LogP contribution >= 0.6 is 0 Å². The van der Waals surface area contributed by atoms with E-state index >= 15 is 0 Å². The molecule has 0 saturated heterocycles. The van der Waals surface area contributed by atoms with E-state index in [0.29, 0.717) is 17.9 Å². The van der Waals surface area contributed by atoms with E-state index in [0.717, 1.165) is 17.7 Å². The lowest BCUT2D eigenvalue weighted by Crippen LogP contribution is -2.25. The van der Waals surface area contributed by atoms with Crippen LogP contribution in [0.1, 0.15) is 29.8 Å². The molecule has 0 radical (unpaired) electrons. The van der Waals surface area contributed by atoms with E-state index < -0.39 is 0 Å². The van der Waals surface area contributed by atoms with Crippen molar-refractivity contribution in [2.45, 2.75) is 26.4 Å². The van der Waals surface area contributed by atoms with Crippen LogP contribution in [0.2, 0.25) is 0 Å². The van der Waals surface area contributed by atoms with Crippen LogP contribution in [0.3, 0.4) is 0 Å². The third-order valence-corrected chi connectivity index (χ3v) is 3.33. The second-order valence-electron chi connectivity index (χ2n) is 5.55. The summed E-state index contributed by atoms with van der Waals surface area (Å²) in [6.07, 6.45) is 0.862. The summed E-state index contributed by atoms with van der Waals surface area (Å²) in [5.41, 5.74) is 1.76. The molecule has 4 heteroatoms. The zero-order valence-corrected chi connectivity index (χ0v) is 13.8. The number of methoxy groups -OCH3 is 1. The Kier molecular flexibility index (Phi) is 6.03. The summed E-state index contributed by atoms with van der Waals surface area (Å²) < 4.78 is 10.7. The highest BCUT2D eigenvalue weighted by Gasteiger charge is 2.07. The van der Waals surface area contributed by atoms with E-state index in [9.17, 15) is 4.79 Å². The number of nitrogens with one attached hydrogen (secondary N) is 1. The second kappa shape index (κ2) is 8.22. The fraction of sp³-hybridized carbons (Fsp3) is 0.316. The van der Waals surface area contributed by atoms with Gasteiger partial charge in [-0.3, -0.25) is 4.79 Å². The number of rotatable bonds is 7. The van der Waals surface area contributed by atoms with Crippen molar-refractivity contribution < 1.29 is 14.3 Å². The summed E-state index contributed by atoms with van der Waals surface area (Å²) in [6.45, 7) is 4.50. The van der Waals surface area contributed by atoms with Crippen LogP contribution in [0.4, 0.5) is 0 Å². The average Bonchev–Trinajstić information content (AvgIpc) is 2.55. The van der Waals surface area contributed by atoms with Gasteiger partial charge in [-0.15, -0.1) is 0 Å². The van der Waals surface area contributed by atoms with Gasteiger partial charge < -0.3 is 14.8 Å². The Morgan fingerprint density at radius 3 is 2.48 bits per heavy atom. The summed E-state index contributed by atoms with van der Waals surface area (Å²) in [4.78, 5) is 12.2. The van der Waals surface area contributed by atoms with Gasteiger partial charge in [0.05, 0.1) is 13.2 Å². The highest BCUT2D eigenvalue weighted by Crippen LogP contribution is 2.15. The van der Waals surface area contributed by atoms with Gasteiger partial charge in [0.2, 0.25) is 0 Å². The van der Waals surface area contributed by atoms with Crippen molar-refractivity contribution in [2.24, 2.45) is 0 Å². The number of hydrogen-bond donors (Lipinski definition) is 1.